The van der Waals surface area contributed by atoms with Crippen molar-refractivity contribution in [3.8, 4) is 0 Å². The van der Waals surface area contributed by atoms with Gasteiger partial charge < -0.3 is 4.74 Å². The minimum Gasteiger partial charge on any atom is -0.469 e. The van der Waals surface area contributed by atoms with E-state index >= 15 is 0 Å². The van der Waals surface area contributed by atoms with Gasteiger partial charge in [0.2, 0.25) is 0 Å². The van der Waals surface area contributed by atoms with E-state index in [1.54, 1.807) is 15.9 Å². The smallest absolute Gasteiger partial charge is 0.305 e. The molecule has 0 atom stereocenters. The Morgan fingerprint density at radius 3 is 2.73 bits per heavy atom. The number of rotatable bonds is 7. The van der Waals surface area contributed by atoms with Gasteiger partial charge in [-0.2, -0.15) is 0 Å². The number of methoxy groups -OCH3 is 1. The number of ether oxygens (including phenoxy) is 1. The maximum Gasteiger partial charge on any atom is 0.305 e. The highest BCUT2D eigenvalue weighted by atomic mass is 32.1. The Morgan fingerprint density at radius 1 is 1.13 bits per heavy atom. The van der Waals surface area contributed by atoms with E-state index in [1.807, 2.05) is 24.3 Å². The third-order valence-corrected chi connectivity index (χ3v) is 6.52. The summed E-state index contributed by atoms with van der Waals surface area (Å²) in [4.78, 5) is 31.7. The molecule has 6 heteroatoms. The molecule has 0 N–H and O–H groups in total. The summed E-state index contributed by atoms with van der Waals surface area (Å²) in [6, 6.07) is 16.4. The third kappa shape index (κ3) is 4.00. The van der Waals surface area contributed by atoms with E-state index in [-0.39, 0.29) is 17.9 Å². The van der Waals surface area contributed by atoms with Crippen LogP contribution in [0, 0.1) is 0 Å². The number of aryl methyl sites for hydroxylation is 1. The highest BCUT2D eigenvalue weighted by Gasteiger charge is 2.15. The van der Waals surface area contributed by atoms with Crippen LogP contribution in [0.2, 0.25) is 0 Å². The Hall–Kier alpha value is -2.99. The Balaban J connectivity index is 1.78. The number of thiophene rings is 1. The molecule has 2 heterocycles. The van der Waals surface area contributed by atoms with Gasteiger partial charge >= 0.3 is 5.97 Å². The van der Waals surface area contributed by atoms with Crippen molar-refractivity contribution in [2.75, 3.05) is 7.11 Å². The lowest BCUT2D eigenvalue weighted by atomic mass is 10.0. The Bertz CT molecular complexity index is 1270. The fourth-order valence-corrected chi connectivity index (χ4v) is 4.72. The van der Waals surface area contributed by atoms with Gasteiger partial charge in [0.05, 0.1) is 12.5 Å². The first-order valence-electron chi connectivity index (χ1n) is 10.2. The van der Waals surface area contributed by atoms with Gasteiger partial charge in [-0.1, -0.05) is 49.4 Å². The van der Waals surface area contributed by atoms with Crippen molar-refractivity contribution in [3.05, 3.63) is 75.1 Å². The number of fused-ring (bicyclic) bond motifs is 2. The number of benzene rings is 2. The molecule has 4 aromatic rings. The molecule has 0 amide bonds. The summed E-state index contributed by atoms with van der Waals surface area (Å²) in [5.74, 6) is 0.467. The molecule has 0 unspecified atom stereocenters. The number of hydrogen-bond donors (Lipinski definition) is 0. The molecule has 0 aliphatic heterocycles. The first-order chi connectivity index (χ1) is 14.6. The molecule has 4 rings (SSSR count). The average Bonchev–Trinajstić information content (AvgIpc) is 3.19. The van der Waals surface area contributed by atoms with Gasteiger partial charge in [0.15, 0.2) is 0 Å². The fourth-order valence-electron chi connectivity index (χ4n) is 3.75. The lowest BCUT2D eigenvalue weighted by Gasteiger charge is -2.13. The van der Waals surface area contributed by atoms with Crippen LogP contribution in [0.25, 0.3) is 21.0 Å². The second-order valence-electron chi connectivity index (χ2n) is 7.26. The summed E-state index contributed by atoms with van der Waals surface area (Å²) < 4.78 is 6.48. The zero-order chi connectivity index (χ0) is 21.1. The molecule has 154 valence electrons. The van der Waals surface area contributed by atoms with Crippen LogP contribution >= 0.6 is 11.3 Å². The molecule has 0 spiro atoms. The molecular formula is C24H24N2O3S. The largest absolute Gasteiger partial charge is 0.469 e. The zero-order valence-corrected chi connectivity index (χ0v) is 18.0. The number of carbonyl (C=O) groups excluding carboxylic acids is 1. The molecule has 0 bridgehead atoms. The molecular weight excluding hydrogens is 396 g/mol. The van der Waals surface area contributed by atoms with Crippen molar-refractivity contribution in [1.29, 1.82) is 0 Å². The van der Waals surface area contributed by atoms with Crippen LogP contribution < -0.4 is 5.56 Å². The quantitative estimate of drug-likeness (QED) is 0.406. The van der Waals surface area contributed by atoms with E-state index in [9.17, 15) is 9.59 Å². The summed E-state index contributed by atoms with van der Waals surface area (Å²) in [6.07, 6.45) is 2.25. The van der Waals surface area contributed by atoms with E-state index < -0.39 is 0 Å². The maximum absolute atomic E-state index is 13.3. The first kappa shape index (κ1) is 20.3. The highest BCUT2D eigenvalue weighted by Crippen LogP contribution is 2.25. The summed E-state index contributed by atoms with van der Waals surface area (Å²) in [5, 5.41) is 2.99. The summed E-state index contributed by atoms with van der Waals surface area (Å²) in [6.45, 7) is 2.52. The lowest BCUT2D eigenvalue weighted by Crippen LogP contribution is -2.25. The molecule has 0 radical (unpaired) electrons. The number of carbonyl (C=O) groups is 1. The average molecular weight is 421 g/mol. The molecule has 0 aliphatic carbocycles. The Kier molecular flexibility index (Phi) is 5.95. The topological polar surface area (TPSA) is 61.2 Å². The number of aromatic nitrogens is 2. The lowest BCUT2D eigenvalue weighted by molar-refractivity contribution is -0.140. The minimum absolute atomic E-state index is 0.0314. The van der Waals surface area contributed by atoms with Crippen molar-refractivity contribution >= 4 is 38.3 Å². The van der Waals surface area contributed by atoms with Crippen LogP contribution in [0.5, 0.6) is 0 Å². The van der Waals surface area contributed by atoms with Crippen molar-refractivity contribution < 1.29 is 9.53 Å². The standard InChI is InChI=1S/C24H24N2O3S/c1-3-18-15-20-23(30-18)25-21(26(24(20)28)13-7-12-22(27)29-2)14-17-10-6-9-16-8-4-5-11-19(16)17/h4-6,8-11,15H,3,7,12-14H2,1-2H3. The summed E-state index contributed by atoms with van der Waals surface area (Å²) in [5.41, 5.74) is 1.10. The fraction of sp³-hybridized carbons (Fsp3) is 0.292. The van der Waals surface area contributed by atoms with Crippen LogP contribution in [0.1, 0.15) is 36.0 Å². The molecule has 0 saturated heterocycles. The molecule has 5 nitrogen and oxygen atoms in total. The minimum atomic E-state index is -0.267. The molecule has 30 heavy (non-hydrogen) atoms. The van der Waals surface area contributed by atoms with Gasteiger partial charge in [-0.3, -0.25) is 14.2 Å². The van der Waals surface area contributed by atoms with Crippen molar-refractivity contribution in [2.45, 2.75) is 39.2 Å². The van der Waals surface area contributed by atoms with Gasteiger partial charge in [0.1, 0.15) is 10.7 Å². The third-order valence-electron chi connectivity index (χ3n) is 5.35. The van der Waals surface area contributed by atoms with Crippen LogP contribution in [0.4, 0.5) is 0 Å². The zero-order valence-electron chi connectivity index (χ0n) is 17.2. The van der Waals surface area contributed by atoms with E-state index in [0.717, 1.165) is 32.9 Å². The number of esters is 1. The van der Waals surface area contributed by atoms with Crippen LogP contribution in [-0.2, 0) is 28.9 Å². The van der Waals surface area contributed by atoms with Gasteiger partial charge in [0.25, 0.3) is 5.56 Å². The van der Waals surface area contributed by atoms with Gasteiger partial charge in [-0.05, 0) is 35.2 Å². The van der Waals surface area contributed by atoms with Crippen LogP contribution in [0.15, 0.2) is 53.3 Å². The van der Waals surface area contributed by atoms with Crippen molar-refractivity contribution in [2.24, 2.45) is 0 Å². The summed E-state index contributed by atoms with van der Waals surface area (Å²) >= 11 is 1.58. The Labute approximate surface area is 178 Å². The molecule has 2 aromatic carbocycles. The van der Waals surface area contributed by atoms with Crippen LogP contribution in [-0.4, -0.2) is 22.6 Å². The highest BCUT2D eigenvalue weighted by molar-refractivity contribution is 7.18. The van der Waals surface area contributed by atoms with Gasteiger partial charge in [-0.15, -0.1) is 11.3 Å². The van der Waals surface area contributed by atoms with E-state index in [0.29, 0.717) is 24.8 Å². The second kappa shape index (κ2) is 8.79. The van der Waals surface area contributed by atoms with Crippen molar-refractivity contribution in [1.82, 2.24) is 9.55 Å². The van der Waals surface area contributed by atoms with E-state index in [1.165, 1.54) is 12.5 Å². The number of nitrogens with zero attached hydrogens (tertiary/aromatic N) is 2. The molecule has 0 aliphatic rings. The number of hydrogen-bond acceptors (Lipinski definition) is 5. The normalized spacial score (nSPS) is 11.3. The van der Waals surface area contributed by atoms with E-state index in [2.05, 4.69) is 31.2 Å². The predicted octanol–water partition coefficient (Wildman–Crippen LogP) is 4.72. The van der Waals surface area contributed by atoms with Crippen molar-refractivity contribution in [3.63, 3.8) is 0 Å². The molecule has 2 aromatic heterocycles. The van der Waals surface area contributed by atoms with Gasteiger partial charge in [0, 0.05) is 24.3 Å². The van der Waals surface area contributed by atoms with E-state index in [4.69, 9.17) is 9.72 Å². The SMILES string of the molecule is CCc1cc2c(=O)n(CCCC(=O)OC)c(Cc3cccc4ccccc34)nc2s1. The molecule has 0 saturated carbocycles. The predicted molar refractivity (Wildman–Crippen MR) is 121 cm³/mol. The first-order valence-corrected chi connectivity index (χ1v) is 11.0. The van der Waals surface area contributed by atoms with Crippen LogP contribution in [0.3, 0.4) is 0 Å². The second-order valence-corrected chi connectivity index (χ2v) is 8.38. The maximum atomic E-state index is 13.3. The monoisotopic (exact) mass is 420 g/mol. The molecule has 0 fully saturated rings. The summed E-state index contributed by atoms with van der Waals surface area (Å²) in [7, 11) is 1.38. The Morgan fingerprint density at radius 2 is 1.93 bits per heavy atom. The van der Waals surface area contributed by atoms with Gasteiger partial charge in [-0.25, -0.2) is 4.98 Å².